The lowest BCUT2D eigenvalue weighted by Gasteiger charge is -2.11. The van der Waals surface area contributed by atoms with Crippen molar-refractivity contribution in [3.05, 3.63) is 24.3 Å². The third-order valence-corrected chi connectivity index (χ3v) is 2.90. The highest BCUT2D eigenvalue weighted by atomic mass is 32.2. The Hall–Kier alpha value is -1.26. The van der Waals surface area contributed by atoms with Crippen LogP contribution < -0.4 is 10.2 Å². The summed E-state index contributed by atoms with van der Waals surface area (Å²) in [4.78, 5) is 0. The summed E-state index contributed by atoms with van der Waals surface area (Å²) in [5, 5.41) is 9.24. The Morgan fingerprint density at radius 1 is 1.22 bits per heavy atom. The molecule has 10 heteroatoms. The number of rotatable bonds is 4. The van der Waals surface area contributed by atoms with Crippen molar-refractivity contribution in [2.45, 2.75) is 5.51 Å². The van der Waals surface area contributed by atoms with Crippen molar-refractivity contribution >= 4 is 22.7 Å². The van der Waals surface area contributed by atoms with E-state index in [4.69, 9.17) is 4.74 Å². The van der Waals surface area contributed by atoms with Crippen LogP contribution >= 0.6 is 0 Å². The van der Waals surface area contributed by atoms with Gasteiger partial charge in [-0.2, -0.15) is 21.6 Å². The highest BCUT2D eigenvalue weighted by Crippen LogP contribution is 2.24. The first-order valence-corrected chi connectivity index (χ1v) is 5.90. The molecule has 0 aliphatic heterocycles. The van der Waals surface area contributed by atoms with E-state index in [1.165, 1.54) is 31.4 Å². The van der Waals surface area contributed by atoms with Gasteiger partial charge in [0.2, 0.25) is 0 Å². The molecular weight excluding hydrogens is 276 g/mol. The van der Waals surface area contributed by atoms with Crippen LogP contribution in [0.1, 0.15) is 0 Å². The van der Waals surface area contributed by atoms with Gasteiger partial charge in [0.1, 0.15) is 5.75 Å². The van der Waals surface area contributed by atoms with Crippen molar-refractivity contribution in [2.24, 2.45) is 0 Å². The fourth-order valence-corrected chi connectivity index (χ4v) is 1.46. The molecule has 0 heterocycles. The Morgan fingerprint density at radius 3 is 2.11 bits per heavy atom. The average Bonchev–Trinajstić information content (AvgIpc) is 2.27. The molecule has 0 spiro atoms. The highest BCUT2D eigenvalue weighted by Gasteiger charge is 2.49. The maximum atomic E-state index is 12.0. The Balaban J connectivity index is 2.86. The first kappa shape index (κ1) is 14.8. The van der Waals surface area contributed by atoms with Gasteiger partial charge in [-0.15, -0.1) is 0 Å². The lowest BCUT2D eigenvalue weighted by atomic mass is 9.80. The monoisotopic (exact) mass is 284 g/mol. The third-order valence-electron chi connectivity index (χ3n) is 1.90. The minimum absolute atomic E-state index is 0.149. The van der Waals surface area contributed by atoms with Crippen molar-refractivity contribution in [2.75, 3.05) is 7.11 Å². The molecule has 0 bridgehead atoms. The van der Waals surface area contributed by atoms with Gasteiger partial charge in [-0.25, -0.2) is 0 Å². The minimum atomic E-state index is -5.84. The van der Waals surface area contributed by atoms with Crippen LogP contribution in [0.4, 0.5) is 13.2 Å². The van der Waals surface area contributed by atoms with Gasteiger partial charge in [-0.3, -0.25) is 4.10 Å². The molecule has 1 aromatic carbocycles. The van der Waals surface area contributed by atoms with Gasteiger partial charge in [0, 0.05) is 0 Å². The second-order valence-electron chi connectivity index (χ2n) is 3.12. The molecule has 0 unspecified atom stereocenters. The van der Waals surface area contributed by atoms with Gasteiger partial charge in [-0.1, -0.05) is 12.1 Å². The average molecular weight is 284 g/mol. The number of ether oxygens (including phenoxy) is 1. The summed E-state index contributed by atoms with van der Waals surface area (Å²) in [6, 6.07) is 5.02. The van der Waals surface area contributed by atoms with Gasteiger partial charge in [-0.05, 0) is 17.6 Å². The molecule has 100 valence electrons. The molecule has 0 atom stereocenters. The molecule has 1 N–H and O–H groups in total. The van der Waals surface area contributed by atoms with Gasteiger partial charge in [0.15, 0.2) is 0 Å². The lowest BCUT2D eigenvalue weighted by molar-refractivity contribution is -0.0505. The maximum absolute atomic E-state index is 12.0. The van der Waals surface area contributed by atoms with E-state index in [-0.39, 0.29) is 5.46 Å². The SMILES string of the molecule is COc1ccc(B(O)OS(=O)(=O)C(F)(F)F)cc1. The second kappa shape index (κ2) is 5.16. The molecule has 5 nitrogen and oxygen atoms in total. The minimum Gasteiger partial charge on any atom is -0.497 e. The molecule has 0 aromatic heterocycles. The number of halogens is 3. The van der Waals surface area contributed by atoms with E-state index in [0.29, 0.717) is 5.75 Å². The van der Waals surface area contributed by atoms with E-state index >= 15 is 0 Å². The van der Waals surface area contributed by atoms with Crippen LogP contribution in [0.2, 0.25) is 0 Å². The van der Waals surface area contributed by atoms with Crippen molar-refractivity contribution in [3.63, 3.8) is 0 Å². The molecule has 0 fully saturated rings. The van der Waals surface area contributed by atoms with Crippen molar-refractivity contribution in [3.8, 4) is 5.75 Å². The van der Waals surface area contributed by atoms with Crippen molar-refractivity contribution < 1.29 is 35.5 Å². The van der Waals surface area contributed by atoms with E-state index in [9.17, 15) is 26.6 Å². The third kappa shape index (κ3) is 3.37. The van der Waals surface area contributed by atoms with E-state index in [1.54, 1.807) is 0 Å². The molecule has 0 saturated heterocycles. The number of hydrogen-bond acceptors (Lipinski definition) is 5. The van der Waals surface area contributed by atoms with Crippen LogP contribution in [-0.2, 0) is 14.2 Å². The fraction of sp³-hybridized carbons (Fsp3) is 0.250. The molecular formula is C8H8BF3O5S. The first-order chi connectivity index (χ1) is 8.17. The molecule has 0 amide bonds. The molecule has 0 radical (unpaired) electrons. The predicted octanol–water partition coefficient (Wildman–Crippen LogP) is 0.249. The van der Waals surface area contributed by atoms with Crippen LogP contribution in [0.15, 0.2) is 24.3 Å². The molecule has 0 aliphatic carbocycles. The Bertz CT molecular complexity index is 498. The molecule has 1 rings (SSSR count). The summed E-state index contributed by atoms with van der Waals surface area (Å²) in [6.45, 7) is 0. The molecule has 1 aromatic rings. The van der Waals surface area contributed by atoms with Crippen LogP contribution in [0.5, 0.6) is 5.75 Å². The molecule has 18 heavy (non-hydrogen) atoms. The van der Waals surface area contributed by atoms with Crippen LogP contribution in [-0.4, -0.2) is 33.2 Å². The van der Waals surface area contributed by atoms with Crippen LogP contribution in [0.3, 0.4) is 0 Å². The summed E-state index contributed by atoms with van der Waals surface area (Å²) >= 11 is 0. The van der Waals surface area contributed by atoms with Gasteiger partial charge < -0.3 is 9.76 Å². The second-order valence-corrected chi connectivity index (χ2v) is 4.69. The van der Waals surface area contributed by atoms with Crippen LogP contribution in [0.25, 0.3) is 0 Å². The highest BCUT2D eigenvalue weighted by molar-refractivity contribution is 7.88. The summed E-state index contributed by atoms with van der Waals surface area (Å²) in [5.41, 5.74) is -5.73. The topological polar surface area (TPSA) is 72.8 Å². The number of hydrogen-bond donors (Lipinski definition) is 1. The van der Waals surface area contributed by atoms with Crippen molar-refractivity contribution in [1.82, 2.24) is 0 Å². The van der Waals surface area contributed by atoms with Gasteiger partial charge >= 0.3 is 22.7 Å². The standard InChI is InChI=1S/C8H8BF3O5S/c1-16-7-4-2-6(3-5-7)9(13)17-18(14,15)8(10,11)12/h2-5,13H,1H3. The zero-order valence-electron chi connectivity index (χ0n) is 9.01. The molecule has 0 aliphatic rings. The summed E-state index contributed by atoms with van der Waals surface area (Å²) in [7, 11) is -6.70. The molecule has 0 saturated carbocycles. The predicted molar refractivity (Wildman–Crippen MR) is 56.7 cm³/mol. The van der Waals surface area contributed by atoms with E-state index in [2.05, 4.69) is 4.10 Å². The van der Waals surface area contributed by atoms with E-state index in [1.807, 2.05) is 0 Å². The first-order valence-electron chi connectivity index (χ1n) is 4.49. The van der Waals surface area contributed by atoms with Crippen LogP contribution in [0, 0.1) is 0 Å². The van der Waals surface area contributed by atoms with Crippen molar-refractivity contribution in [1.29, 1.82) is 0 Å². The van der Waals surface area contributed by atoms with Gasteiger partial charge in [0.05, 0.1) is 7.11 Å². The summed E-state index contributed by atoms with van der Waals surface area (Å²) in [6.07, 6.45) is 0. The Kier molecular flexibility index (Phi) is 4.25. The summed E-state index contributed by atoms with van der Waals surface area (Å²) < 4.78 is 65.6. The summed E-state index contributed by atoms with van der Waals surface area (Å²) in [5.74, 6) is 0.393. The zero-order valence-corrected chi connectivity index (χ0v) is 9.83. The Morgan fingerprint density at radius 2 is 1.72 bits per heavy atom. The van der Waals surface area contributed by atoms with E-state index in [0.717, 1.165) is 0 Å². The fourth-order valence-electron chi connectivity index (χ4n) is 0.999. The van der Waals surface area contributed by atoms with Gasteiger partial charge in [0.25, 0.3) is 0 Å². The number of alkyl halides is 3. The number of methoxy groups -OCH3 is 1. The largest absolute Gasteiger partial charge is 0.521 e. The Labute approximate surface area is 101 Å². The zero-order chi connectivity index (χ0) is 14.0. The maximum Gasteiger partial charge on any atom is 0.521 e. The number of benzene rings is 1. The smallest absolute Gasteiger partial charge is 0.497 e. The van der Waals surface area contributed by atoms with E-state index < -0.39 is 22.7 Å². The lowest BCUT2D eigenvalue weighted by Crippen LogP contribution is -2.40. The normalized spacial score (nSPS) is 12.3. The quantitative estimate of drug-likeness (QED) is 0.633.